The van der Waals surface area contributed by atoms with E-state index in [9.17, 15) is 9.59 Å². The number of para-hydroxylation sites is 1. The number of benzene rings is 3. The van der Waals surface area contributed by atoms with Crippen molar-refractivity contribution in [3.8, 4) is 5.75 Å². The van der Waals surface area contributed by atoms with Crippen LogP contribution in [0, 0.1) is 0 Å². The van der Waals surface area contributed by atoms with Crippen LogP contribution in [0.5, 0.6) is 5.75 Å². The molecular weight excluding hydrogens is 473 g/mol. The van der Waals surface area contributed by atoms with Gasteiger partial charge in [-0.3, -0.25) is 9.59 Å². The fourth-order valence-corrected chi connectivity index (χ4v) is 3.47. The lowest BCUT2D eigenvalue weighted by molar-refractivity contribution is -0.139. The van der Waals surface area contributed by atoms with E-state index in [0.717, 1.165) is 11.1 Å². The second kappa shape index (κ2) is 12.2. The van der Waals surface area contributed by atoms with Crippen molar-refractivity contribution < 1.29 is 14.3 Å². The summed E-state index contributed by atoms with van der Waals surface area (Å²) in [6.45, 7) is 4.70. The number of nitrogens with one attached hydrogen (secondary N) is 2. The molecule has 3 aromatic carbocycles. The highest BCUT2D eigenvalue weighted by molar-refractivity contribution is 6.35. The summed E-state index contributed by atoms with van der Waals surface area (Å²) in [6.07, 6.45) is 1.41. The van der Waals surface area contributed by atoms with Crippen molar-refractivity contribution in [3.63, 3.8) is 0 Å². The Morgan fingerprint density at radius 2 is 1.74 bits per heavy atom. The smallest absolute Gasteiger partial charge is 0.329 e. The average molecular weight is 498 g/mol. The van der Waals surface area contributed by atoms with Crippen molar-refractivity contribution in [2.75, 3.05) is 0 Å². The van der Waals surface area contributed by atoms with Crippen LogP contribution in [0.25, 0.3) is 0 Å². The Balaban J connectivity index is 1.52. The minimum absolute atomic E-state index is 0.230. The Morgan fingerprint density at radius 1 is 1.00 bits per heavy atom. The molecule has 0 aliphatic heterocycles. The summed E-state index contributed by atoms with van der Waals surface area (Å²) in [7, 11) is 0. The maximum Gasteiger partial charge on any atom is 0.329 e. The standard InChI is InChI=1S/C26H25Cl2N3O3/c1-17(2)19-9-7-18(8-10-19)14-29-25(32)26(33)31-30-15-20-5-3-4-6-24(20)34-16-21-11-12-22(27)13-23(21)28/h3-13,15,17H,14,16H2,1-2H3,(H,29,32)(H,31,33)/b30-15-. The first-order chi connectivity index (χ1) is 16.3. The highest BCUT2D eigenvalue weighted by atomic mass is 35.5. The van der Waals surface area contributed by atoms with Gasteiger partial charge in [-0.05, 0) is 41.3 Å². The molecule has 0 aliphatic carbocycles. The first-order valence-electron chi connectivity index (χ1n) is 10.7. The molecule has 3 rings (SSSR count). The molecule has 0 bridgehead atoms. The van der Waals surface area contributed by atoms with Gasteiger partial charge < -0.3 is 10.1 Å². The van der Waals surface area contributed by atoms with Gasteiger partial charge in [-0.15, -0.1) is 0 Å². The Labute approximate surface area is 208 Å². The van der Waals surface area contributed by atoms with Crippen LogP contribution in [0.2, 0.25) is 10.0 Å². The van der Waals surface area contributed by atoms with Gasteiger partial charge in [0.2, 0.25) is 0 Å². The zero-order valence-corrected chi connectivity index (χ0v) is 20.4. The summed E-state index contributed by atoms with van der Waals surface area (Å²) in [5, 5.41) is 7.52. The van der Waals surface area contributed by atoms with Crippen LogP contribution in [0.3, 0.4) is 0 Å². The molecule has 0 atom stereocenters. The lowest BCUT2D eigenvalue weighted by Gasteiger charge is -2.10. The molecule has 2 N–H and O–H groups in total. The second-order valence-electron chi connectivity index (χ2n) is 7.84. The van der Waals surface area contributed by atoms with Crippen LogP contribution >= 0.6 is 23.2 Å². The number of carbonyl (C=O) groups excluding carboxylic acids is 2. The topological polar surface area (TPSA) is 79.8 Å². The minimum Gasteiger partial charge on any atom is -0.488 e. The fourth-order valence-electron chi connectivity index (χ4n) is 3.01. The van der Waals surface area contributed by atoms with Gasteiger partial charge in [0.15, 0.2) is 0 Å². The molecule has 0 aromatic heterocycles. The lowest BCUT2D eigenvalue weighted by Crippen LogP contribution is -2.37. The van der Waals surface area contributed by atoms with E-state index in [2.05, 4.69) is 29.7 Å². The van der Waals surface area contributed by atoms with Gasteiger partial charge in [-0.2, -0.15) is 5.10 Å². The molecule has 8 heteroatoms. The molecule has 0 unspecified atom stereocenters. The lowest BCUT2D eigenvalue weighted by atomic mass is 10.0. The number of carbonyl (C=O) groups is 2. The molecule has 34 heavy (non-hydrogen) atoms. The number of hydrogen-bond acceptors (Lipinski definition) is 4. The Hall–Kier alpha value is -3.35. The summed E-state index contributed by atoms with van der Waals surface area (Å²) in [4.78, 5) is 24.1. The van der Waals surface area contributed by atoms with Crippen molar-refractivity contribution in [1.82, 2.24) is 10.7 Å². The molecule has 0 radical (unpaired) electrons. The SMILES string of the molecule is CC(C)c1ccc(CNC(=O)C(=O)N/N=C\c2ccccc2OCc2ccc(Cl)cc2Cl)cc1. The van der Waals surface area contributed by atoms with Crippen molar-refractivity contribution in [3.05, 3.63) is 99.0 Å². The van der Waals surface area contributed by atoms with Crippen LogP contribution in [0.15, 0.2) is 71.8 Å². The van der Waals surface area contributed by atoms with Crippen LogP contribution in [0.1, 0.15) is 42.0 Å². The van der Waals surface area contributed by atoms with Crippen molar-refractivity contribution >= 4 is 41.2 Å². The summed E-state index contributed by atoms with van der Waals surface area (Å²) < 4.78 is 5.85. The highest BCUT2D eigenvalue weighted by Gasteiger charge is 2.12. The van der Waals surface area contributed by atoms with E-state index in [1.165, 1.54) is 11.8 Å². The minimum atomic E-state index is -0.860. The van der Waals surface area contributed by atoms with E-state index in [0.29, 0.717) is 27.3 Å². The van der Waals surface area contributed by atoms with Crippen LogP contribution in [-0.4, -0.2) is 18.0 Å². The maximum absolute atomic E-state index is 12.1. The molecule has 0 fully saturated rings. The van der Waals surface area contributed by atoms with Gasteiger partial charge in [-0.1, -0.05) is 79.5 Å². The summed E-state index contributed by atoms with van der Waals surface area (Å²) in [6, 6.07) is 20.2. The van der Waals surface area contributed by atoms with Gasteiger partial charge >= 0.3 is 11.8 Å². The number of halogens is 2. The van der Waals surface area contributed by atoms with E-state index >= 15 is 0 Å². The average Bonchev–Trinajstić information content (AvgIpc) is 2.83. The van der Waals surface area contributed by atoms with Gasteiger partial charge in [0.1, 0.15) is 12.4 Å². The fraction of sp³-hybridized carbons (Fsp3) is 0.192. The Morgan fingerprint density at radius 3 is 2.44 bits per heavy atom. The molecule has 0 saturated heterocycles. The molecule has 0 saturated carbocycles. The third kappa shape index (κ3) is 7.33. The number of ether oxygens (including phenoxy) is 1. The molecule has 2 amide bonds. The number of rotatable bonds is 8. The van der Waals surface area contributed by atoms with Crippen LogP contribution in [0.4, 0.5) is 0 Å². The monoisotopic (exact) mass is 497 g/mol. The summed E-state index contributed by atoms with van der Waals surface area (Å²) in [5.74, 6) is -0.660. The molecule has 0 heterocycles. The van der Waals surface area contributed by atoms with Gasteiger partial charge in [0, 0.05) is 27.7 Å². The van der Waals surface area contributed by atoms with Gasteiger partial charge in [0.05, 0.1) is 6.21 Å². The summed E-state index contributed by atoms with van der Waals surface area (Å²) in [5.41, 5.74) is 5.75. The number of hydrogen-bond donors (Lipinski definition) is 2. The zero-order valence-electron chi connectivity index (χ0n) is 18.8. The first kappa shape index (κ1) is 25.3. The molecule has 0 aliphatic rings. The Kier molecular flexibility index (Phi) is 9.08. The molecule has 0 spiro atoms. The van der Waals surface area contributed by atoms with Crippen LogP contribution < -0.4 is 15.5 Å². The Bertz CT molecular complexity index is 1180. The van der Waals surface area contributed by atoms with Crippen molar-refractivity contribution in [2.24, 2.45) is 5.10 Å². The maximum atomic E-state index is 12.1. The predicted octanol–water partition coefficient (Wildman–Crippen LogP) is 5.46. The first-order valence-corrected chi connectivity index (χ1v) is 11.4. The normalized spacial score (nSPS) is 11.0. The van der Waals surface area contributed by atoms with Gasteiger partial charge in [0.25, 0.3) is 0 Å². The van der Waals surface area contributed by atoms with Crippen LogP contribution in [-0.2, 0) is 22.7 Å². The van der Waals surface area contributed by atoms with E-state index in [1.54, 1.807) is 30.3 Å². The molecule has 6 nitrogen and oxygen atoms in total. The number of hydrazone groups is 1. The number of nitrogens with zero attached hydrogens (tertiary/aromatic N) is 1. The van der Waals surface area contributed by atoms with E-state index in [4.69, 9.17) is 27.9 Å². The molecule has 3 aromatic rings. The van der Waals surface area contributed by atoms with Gasteiger partial charge in [-0.25, -0.2) is 5.43 Å². The quantitative estimate of drug-likeness (QED) is 0.246. The summed E-state index contributed by atoms with van der Waals surface area (Å²) >= 11 is 12.1. The van der Waals surface area contributed by atoms with E-state index in [1.807, 2.05) is 36.4 Å². The largest absolute Gasteiger partial charge is 0.488 e. The third-order valence-electron chi connectivity index (χ3n) is 4.99. The predicted molar refractivity (Wildman–Crippen MR) is 135 cm³/mol. The van der Waals surface area contributed by atoms with Crippen molar-refractivity contribution in [2.45, 2.75) is 32.9 Å². The van der Waals surface area contributed by atoms with E-state index < -0.39 is 11.8 Å². The highest BCUT2D eigenvalue weighted by Crippen LogP contribution is 2.24. The molecular formula is C26H25Cl2N3O3. The second-order valence-corrected chi connectivity index (χ2v) is 8.68. The molecule has 176 valence electrons. The van der Waals surface area contributed by atoms with Crippen molar-refractivity contribution in [1.29, 1.82) is 0 Å². The van der Waals surface area contributed by atoms with E-state index in [-0.39, 0.29) is 13.2 Å². The number of amides is 2. The zero-order chi connectivity index (χ0) is 24.5. The third-order valence-corrected chi connectivity index (χ3v) is 5.58.